The fraction of sp³-hybridized carbons (Fsp3) is 0. The van der Waals surface area contributed by atoms with Gasteiger partial charge in [0.15, 0.2) is 0 Å². The summed E-state index contributed by atoms with van der Waals surface area (Å²) in [5.41, 5.74) is 4.30. The van der Waals surface area contributed by atoms with Crippen molar-refractivity contribution in [3.05, 3.63) is 60.4 Å². The van der Waals surface area contributed by atoms with Gasteiger partial charge in [0.1, 0.15) is 0 Å². The smallest absolute Gasteiger partial charge is 0.257 e. The molecule has 5 nitrogen and oxygen atoms in total. The van der Waals surface area contributed by atoms with Crippen molar-refractivity contribution < 1.29 is 4.79 Å². The van der Waals surface area contributed by atoms with Gasteiger partial charge in [0.25, 0.3) is 5.91 Å². The van der Waals surface area contributed by atoms with Gasteiger partial charge in [0, 0.05) is 28.5 Å². The van der Waals surface area contributed by atoms with Crippen molar-refractivity contribution in [3.8, 4) is 0 Å². The summed E-state index contributed by atoms with van der Waals surface area (Å²) in [7, 11) is 0. The van der Waals surface area contributed by atoms with Crippen LogP contribution in [0, 0.1) is 0 Å². The fourth-order valence-electron chi connectivity index (χ4n) is 2.47. The van der Waals surface area contributed by atoms with Crippen molar-refractivity contribution in [2.24, 2.45) is 0 Å². The lowest BCUT2D eigenvalue weighted by atomic mass is 10.1. The molecule has 1 amide bonds. The largest absolute Gasteiger partial charge is 0.361 e. The number of nitrogens with one attached hydrogen (secondary N) is 3. The zero-order valence-corrected chi connectivity index (χ0v) is 11.1. The van der Waals surface area contributed by atoms with E-state index < -0.39 is 0 Å². The summed E-state index contributed by atoms with van der Waals surface area (Å²) in [4.78, 5) is 12.0. The first kappa shape index (κ1) is 11.7. The Kier molecular flexibility index (Phi) is 2.50. The molecule has 1 aliphatic rings. The topological polar surface area (TPSA) is 69.8 Å². The first-order valence-corrected chi connectivity index (χ1v) is 6.62. The van der Waals surface area contributed by atoms with Crippen LogP contribution in [-0.4, -0.2) is 16.1 Å². The van der Waals surface area contributed by atoms with Gasteiger partial charge in [0.05, 0.1) is 17.3 Å². The highest BCUT2D eigenvalue weighted by molar-refractivity contribution is 6.31. The van der Waals surface area contributed by atoms with E-state index >= 15 is 0 Å². The molecule has 3 N–H and O–H groups in total. The number of benzene rings is 2. The summed E-state index contributed by atoms with van der Waals surface area (Å²) in [6.07, 6.45) is 3.51. The number of nitrogens with zero attached hydrogens (tertiary/aromatic N) is 1. The van der Waals surface area contributed by atoms with E-state index in [4.69, 9.17) is 0 Å². The lowest BCUT2D eigenvalue weighted by Crippen LogP contribution is -2.05. The Bertz CT molecular complexity index is 879. The van der Waals surface area contributed by atoms with Crippen LogP contribution in [0.3, 0.4) is 0 Å². The zero-order chi connectivity index (χ0) is 14.2. The molecule has 4 rings (SSSR count). The van der Waals surface area contributed by atoms with Crippen molar-refractivity contribution in [3.63, 3.8) is 0 Å². The van der Waals surface area contributed by atoms with Gasteiger partial charge in [-0.25, -0.2) is 0 Å². The predicted molar refractivity (Wildman–Crippen MR) is 82.8 cm³/mol. The lowest BCUT2D eigenvalue weighted by Gasteiger charge is -2.02. The normalized spacial score (nSPS) is 15.2. The van der Waals surface area contributed by atoms with E-state index in [0.717, 1.165) is 27.8 Å². The number of hydrogen-bond donors (Lipinski definition) is 3. The number of para-hydroxylation sites is 1. The molecule has 102 valence electrons. The van der Waals surface area contributed by atoms with Crippen LogP contribution < -0.4 is 10.6 Å². The van der Waals surface area contributed by atoms with E-state index in [-0.39, 0.29) is 5.91 Å². The monoisotopic (exact) mass is 276 g/mol. The van der Waals surface area contributed by atoms with Crippen molar-refractivity contribution in [1.29, 1.82) is 0 Å². The van der Waals surface area contributed by atoms with Gasteiger partial charge in [-0.3, -0.25) is 9.89 Å². The van der Waals surface area contributed by atoms with Gasteiger partial charge in [-0.2, -0.15) is 5.10 Å². The highest BCUT2D eigenvalue weighted by atomic mass is 16.2. The first-order chi connectivity index (χ1) is 10.3. The summed E-state index contributed by atoms with van der Waals surface area (Å²) in [6.45, 7) is 0. The number of fused-ring (bicyclic) bond motifs is 2. The molecule has 3 aromatic rings. The third-order valence-electron chi connectivity index (χ3n) is 3.53. The van der Waals surface area contributed by atoms with Gasteiger partial charge >= 0.3 is 0 Å². The molecule has 0 aliphatic carbocycles. The van der Waals surface area contributed by atoms with E-state index in [1.54, 1.807) is 12.4 Å². The molecule has 21 heavy (non-hydrogen) atoms. The van der Waals surface area contributed by atoms with Crippen molar-refractivity contribution >= 4 is 33.8 Å². The van der Waals surface area contributed by atoms with Crippen molar-refractivity contribution in [2.75, 3.05) is 10.6 Å². The molecule has 0 unspecified atom stereocenters. The summed E-state index contributed by atoms with van der Waals surface area (Å²) in [6, 6.07) is 13.5. The summed E-state index contributed by atoms with van der Waals surface area (Å²) < 4.78 is 0. The van der Waals surface area contributed by atoms with Crippen LogP contribution in [0.2, 0.25) is 0 Å². The first-order valence-electron chi connectivity index (χ1n) is 6.62. The number of rotatable bonds is 2. The highest BCUT2D eigenvalue weighted by Crippen LogP contribution is 2.31. The minimum absolute atomic E-state index is 0.0897. The molecular formula is C16H12N4O. The van der Waals surface area contributed by atoms with E-state index in [1.165, 1.54) is 0 Å². The number of anilines is 2. The van der Waals surface area contributed by atoms with Crippen molar-refractivity contribution in [1.82, 2.24) is 10.2 Å². The number of H-pyrrole nitrogens is 1. The molecule has 0 bridgehead atoms. The molecule has 5 heteroatoms. The number of carbonyl (C=O) groups excluding carboxylic acids is 1. The van der Waals surface area contributed by atoms with E-state index in [0.29, 0.717) is 5.57 Å². The zero-order valence-electron chi connectivity index (χ0n) is 11.1. The Morgan fingerprint density at radius 3 is 3.00 bits per heavy atom. The predicted octanol–water partition coefficient (Wildman–Crippen LogP) is 2.97. The minimum Gasteiger partial charge on any atom is -0.361 e. The van der Waals surface area contributed by atoms with Crippen LogP contribution in [-0.2, 0) is 4.79 Å². The standard InChI is InChI=1S/C16H12N4O/c21-16-13(12-3-1-2-4-15(12)19-16)9-17-11-5-6-14-10(7-11)8-18-20-14/h1-9,17H,(H,18,20)(H,19,21). The molecule has 1 aromatic heterocycles. The average Bonchev–Trinajstić information content (AvgIpc) is 3.08. The van der Waals surface area contributed by atoms with Crippen LogP contribution >= 0.6 is 0 Å². The molecule has 0 spiro atoms. The maximum absolute atomic E-state index is 12.0. The van der Waals surface area contributed by atoms with Crippen LogP contribution in [0.15, 0.2) is 54.9 Å². The average molecular weight is 276 g/mol. The maximum Gasteiger partial charge on any atom is 0.257 e. The molecule has 1 aliphatic heterocycles. The summed E-state index contributed by atoms with van der Waals surface area (Å²) in [5.74, 6) is -0.0897. The van der Waals surface area contributed by atoms with Gasteiger partial charge < -0.3 is 10.6 Å². The lowest BCUT2D eigenvalue weighted by molar-refractivity contribution is -0.110. The van der Waals surface area contributed by atoms with Gasteiger partial charge in [-0.15, -0.1) is 0 Å². The number of aromatic nitrogens is 2. The number of carbonyl (C=O) groups is 1. The van der Waals surface area contributed by atoms with E-state index in [2.05, 4.69) is 20.8 Å². The second-order valence-corrected chi connectivity index (χ2v) is 4.87. The Hall–Kier alpha value is -3.08. The second kappa shape index (κ2) is 4.49. The molecule has 2 aromatic carbocycles. The Morgan fingerprint density at radius 1 is 1.14 bits per heavy atom. The number of hydrogen-bond acceptors (Lipinski definition) is 3. The molecule has 0 saturated heterocycles. The maximum atomic E-state index is 12.0. The second-order valence-electron chi connectivity index (χ2n) is 4.87. The van der Waals surface area contributed by atoms with E-state index in [9.17, 15) is 4.79 Å². The summed E-state index contributed by atoms with van der Waals surface area (Å²) >= 11 is 0. The van der Waals surface area contributed by atoms with Crippen LogP contribution in [0.4, 0.5) is 11.4 Å². The Morgan fingerprint density at radius 2 is 2.05 bits per heavy atom. The highest BCUT2D eigenvalue weighted by Gasteiger charge is 2.23. The molecule has 0 fully saturated rings. The number of amides is 1. The van der Waals surface area contributed by atoms with Gasteiger partial charge in [-0.05, 0) is 24.3 Å². The molecule has 0 atom stereocenters. The summed E-state index contributed by atoms with van der Waals surface area (Å²) in [5, 5.41) is 13.9. The SMILES string of the molecule is O=C1Nc2ccccc2C1=CNc1ccc2[nH]ncc2c1. The van der Waals surface area contributed by atoms with Gasteiger partial charge in [-0.1, -0.05) is 18.2 Å². The fourth-order valence-corrected chi connectivity index (χ4v) is 2.47. The Labute approximate surface area is 120 Å². The third-order valence-corrected chi connectivity index (χ3v) is 3.53. The molecular weight excluding hydrogens is 264 g/mol. The quantitative estimate of drug-likeness (QED) is 0.630. The van der Waals surface area contributed by atoms with E-state index in [1.807, 2.05) is 42.5 Å². The number of aromatic amines is 1. The molecule has 0 saturated carbocycles. The Balaban J connectivity index is 1.67. The van der Waals surface area contributed by atoms with Crippen LogP contribution in [0.5, 0.6) is 0 Å². The minimum atomic E-state index is -0.0897. The van der Waals surface area contributed by atoms with Gasteiger partial charge in [0.2, 0.25) is 0 Å². The molecule has 2 heterocycles. The molecule has 0 radical (unpaired) electrons. The van der Waals surface area contributed by atoms with Crippen LogP contribution in [0.25, 0.3) is 16.5 Å². The van der Waals surface area contributed by atoms with Crippen molar-refractivity contribution in [2.45, 2.75) is 0 Å². The van der Waals surface area contributed by atoms with Crippen LogP contribution in [0.1, 0.15) is 5.56 Å². The third kappa shape index (κ3) is 1.95.